The van der Waals surface area contributed by atoms with Crippen LogP contribution in [0.2, 0.25) is 0 Å². The summed E-state index contributed by atoms with van der Waals surface area (Å²) < 4.78 is 5.61. The Morgan fingerprint density at radius 1 is 1.19 bits per heavy atom. The molecule has 1 aliphatic rings. The second kappa shape index (κ2) is 7.31. The molecule has 2 aromatic carbocycles. The summed E-state index contributed by atoms with van der Waals surface area (Å²) in [5.41, 5.74) is 7.75. The maximum absolute atomic E-state index is 13.0. The van der Waals surface area contributed by atoms with Crippen LogP contribution in [0, 0.1) is 0 Å². The van der Waals surface area contributed by atoms with Crippen LogP contribution in [0.3, 0.4) is 0 Å². The van der Waals surface area contributed by atoms with Gasteiger partial charge in [-0.25, -0.2) is 0 Å². The van der Waals surface area contributed by atoms with Gasteiger partial charge in [0.15, 0.2) is 4.32 Å². The molecule has 0 unspecified atom stereocenters. The molecule has 0 radical (unpaired) electrons. The Labute approximate surface area is 160 Å². The van der Waals surface area contributed by atoms with Crippen molar-refractivity contribution in [2.24, 2.45) is 5.73 Å². The second-order valence-electron chi connectivity index (χ2n) is 5.58. The molecule has 0 bridgehead atoms. The molecule has 0 saturated carbocycles. The van der Waals surface area contributed by atoms with Crippen molar-refractivity contribution < 1.29 is 14.3 Å². The fourth-order valence-electron chi connectivity index (χ4n) is 2.67. The Kier molecular flexibility index (Phi) is 5.11. The van der Waals surface area contributed by atoms with Crippen molar-refractivity contribution >= 4 is 51.4 Å². The Morgan fingerprint density at radius 3 is 2.62 bits per heavy atom. The highest BCUT2D eigenvalue weighted by Gasteiger charge is 2.36. The number of methoxy groups -OCH3 is 1. The minimum atomic E-state index is -0.608. The van der Waals surface area contributed by atoms with Crippen LogP contribution in [0.4, 0.5) is 5.69 Å². The number of primary amides is 1. The lowest BCUT2D eigenvalue weighted by atomic mass is 10.1. The fourth-order valence-corrected chi connectivity index (χ4v) is 4.00. The van der Waals surface area contributed by atoms with E-state index >= 15 is 0 Å². The van der Waals surface area contributed by atoms with E-state index in [0.29, 0.717) is 20.7 Å². The van der Waals surface area contributed by atoms with Gasteiger partial charge in [0.1, 0.15) is 5.75 Å². The van der Waals surface area contributed by atoms with Crippen molar-refractivity contribution in [2.45, 2.75) is 6.92 Å². The third-order valence-corrected chi connectivity index (χ3v) is 5.50. The number of carbonyl (C=O) groups excluding carboxylic acids is 2. The molecule has 1 heterocycles. The van der Waals surface area contributed by atoms with E-state index in [1.165, 1.54) is 16.7 Å². The molecule has 0 aromatic heterocycles. The fraction of sp³-hybridized carbons (Fsp3) is 0.105. The van der Waals surface area contributed by atoms with Gasteiger partial charge < -0.3 is 10.5 Å². The zero-order valence-electron chi connectivity index (χ0n) is 14.2. The number of nitrogens with zero attached hydrogens (tertiary/aromatic N) is 1. The molecule has 1 fully saturated rings. The number of allylic oxidation sites excluding steroid dienone is 1. The Bertz CT molecular complexity index is 953. The summed E-state index contributed by atoms with van der Waals surface area (Å²) in [6, 6.07) is 14.1. The third kappa shape index (κ3) is 3.23. The van der Waals surface area contributed by atoms with Gasteiger partial charge >= 0.3 is 0 Å². The van der Waals surface area contributed by atoms with Crippen LogP contribution in [-0.2, 0) is 4.79 Å². The average Bonchev–Trinajstić information content (AvgIpc) is 2.95. The number of thiocarbonyl (C=S) groups is 1. The van der Waals surface area contributed by atoms with E-state index in [-0.39, 0.29) is 11.5 Å². The van der Waals surface area contributed by atoms with Gasteiger partial charge in [-0.2, -0.15) is 0 Å². The number of benzene rings is 2. The SMILES string of the molecule is COc1cccc(/C(C)=C2\SC(=S)N(c3ccccc3C(N)=O)C2=O)c1. The summed E-state index contributed by atoms with van der Waals surface area (Å²) in [7, 11) is 1.59. The lowest BCUT2D eigenvalue weighted by Crippen LogP contribution is -2.30. The lowest BCUT2D eigenvalue weighted by molar-refractivity contribution is -0.113. The van der Waals surface area contributed by atoms with Crippen molar-refractivity contribution in [1.82, 2.24) is 0 Å². The highest BCUT2D eigenvalue weighted by molar-refractivity contribution is 8.27. The summed E-state index contributed by atoms with van der Waals surface area (Å²) >= 11 is 6.61. The smallest absolute Gasteiger partial charge is 0.271 e. The maximum Gasteiger partial charge on any atom is 0.271 e. The maximum atomic E-state index is 13.0. The van der Waals surface area contributed by atoms with Gasteiger partial charge in [0.05, 0.1) is 23.3 Å². The van der Waals surface area contributed by atoms with Gasteiger partial charge in [-0.3, -0.25) is 14.5 Å². The molecule has 7 heteroatoms. The largest absolute Gasteiger partial charge is 0.497 e. The van der Waals surface area contributed by atoms with E-state index in [0.717, 1.165) is 11.1 Å². The number of nitrogens with two attached hydrogens (primary N) is 1. The topological polar surface area (TPSA) is 72.6 Å². The predicted molar refractivity (Wildman–Crippen MR) is 108 cm³/mol. The third-order valence-electron chi connectivity index (χ3n) is 4.02. The normalized spacial score (nSPS) is 16.0. The van der Waals surface area contributed by atoms with Crippen LogP contribution < -0.4 is 15.4 Å². The highest BCUT2D eigenvalue weighted by atomic mass is 32.2. The van der Waals surface area contributed by atoms with E-state index in [4.69, 9.17) is 22.7 Å². The van der Waals surface area contributed by atoms with Gasteiger partial charge in [-0.1, -0.05) is 48.2 Å². The molecule has 2 N–H and O–H groups in total. The van der Waals surface area contributed by atoms with E-state index < -0.39 is 5.91 Å². The standard InChI is InChI=1S/C19H16N2O3S2/c1-11(12-6-5-7-13(10-12)24-2)16-18(23)21(19(25)26-16)15-9-4-3-8-14(15)17(20)22/h3-10H,1-2H3,(H2,20,22)/b16-11-. The van der Waals surface area contributed by atoms with Gasteiger partial charge in [0.25, 0.3) is 11.8 Å². The number of para-hydroxylation sites is 1. The summed E-state index contributed by atoms with van der Waals surface area (Å²) in [4.78, 5) is 26.6. The second-order valence-corrected chi connectivity index (χ2v) is 7.22. The molecule has 26 heavy (non-hydrogen) atoms. The van der Waals surface area contributed by atoms with Crippen LogP contribution in [0.25, 0.3) is 5.57 Å². The first kappa shape index (κ1) is 18.2. The van der Waals surface area contributed by atoms with Gasteiger partial charge in [0.2, 0.25) is 0 Å². The molecule has 3 rings (SSSR count). The van der Waals surface area contributed by atoms with E-state index in [9.17, 15) is 9.59 Å². The minimum absolute atomic E-state index is 0.254. The van der Waals surface area contributed by atoms with Crippen molar-refractivity contribution in [2.75, 3.05) is 12.0 Å². The number of hydrogen-bond donors (Lipinski definition) is 1. The van der Waals surface area contributed by atoms with Crippen LogP contribution in [0.5, 0.6) is 5.75 Å². The molecular weight excluding hydrogens is 368 g/mol. The average molecular weight is 384 g/mol. The molecule has 5 nitrogen and oxygen atoms in total. The first-order valence-corrected chi connectivity index (χ1v) is 8.97. The van der Waals surface area contributed by atoms with Gasteiger partial charge in [-0.15, -0.1) is 0 Å². The molecule has 2 amide bonds. The Balaban J connectivity index is 2.05. The summed E-state index contributed by atoms with van der Waals surface area (Å²) in [5.74, 6) is -0.173. The highest BCUT2D eigenvalue weighted by Crippen LogP contribution is 2.40. The Morgan fingerprint density at radius 2 is 1.92 bits per heavy atom. The first-order valence-electron chi connectivity index (χ1n) is 7.74. The molecule has 0 spiro atoms. The monoisotopic (exact) mass is 384 g/mol. The Hall–Kier alpha value is -2.64. The minimum Gasteiger partial charge on any atom is -0.497 e. The number of hydrogen-bond acceptors (Lipinski definition) is 5. The van der Waals surface area contributed by atoms with Crippen LogP contribution in [0.1, 0.15) is 22.8 Å². The molecular formula is C19H16N2O3S2. The summed E-state index contributed by atoms with van der Waals surface area (Å²) in [5, 5.41) is 0. The van der Waals surface area contributed by atoms with E-state index in [1.807, 2.05) is 31.2 Å². The quantitative estimate of drug-likeness (QED) is 0.644. The summed E-state index contributed by atoms with van der Waals surface area (Å²) in [6.45, 7) is 1.86. The van der Waals surface area contributed by atoms with Crippen LogP contribution in [-0.4, -0.2) is 23.2 Å². The zero-order chi connectivity index (χ0) is 18.8. The van der Waals surface area contributed by atoms with Crippen LogP contribution >= 0.6 is 24.0 Å². The molecule has 132 valence electrons. The van der Waals surface area contributed by atoms with Crippen molar-refractivity contribution in [3.05, 3.63) is 64.6 Å². The number of amides is 2. The van der Waals surface area contributed by atoms with Crippen molar-refractivity contribution in [3.8, 4) is 5.75 Å². The lowest BCUT2D eigenvalue weighted by Gasteiger charge is -2.17. The first-order chi connectivity index (χ1) is 12.4. The van der Waals surface area contributed by atoms with Gasteiger partial charge in [-0.05, 0) is 42.3 Å². The number of rotatable bonds is 4. The summed E-state index contributed by atoms with van der Waals surface area (Å²) in [6.07, 6.45) is 0. The van der Waals surface area contributed by atoms with E-state index in [2.05, 4.69) is 0 Å². The number of ether oxygens (including phenoxy) is 1. The van der Waals surface area contributed by atoms with Crippen molar-refractivity contribution in [1.29, 1.82) is 0 Å². The number of anilines is 1. The van der Waals surface area contributed by atoms with E-state index in [1.54, 1.807) is 31.4 Å². The zero-order valence-corrected chi connectivity index (χ0v) is 15.8. The molecule has 0 atom stereocenters. The van der Waals surface area contributed by atoms with Crippen LogP contribution in [0.15, 0.2) is 53.4 Å². The molecule has 2 aromatic rings. The predicted octanol–water partition coefficient (Wildman–Crippen LogP) is 3.59. The molecule has 1 saturated heterocycles. The molecule has 0 aliphatic carbocycles. The van der Waals surface area contributed by atoms with Gasteiger partial charge in [0, 0.05) is 0 Å². The molecule has 1 aliphatic heterocycles. The number of thioether (sulfide) groups is 1. The van der Waals surface area contributed by atoms with Crippen molar-refractivity contribution in [3.63, 3.8) is 0 Å². The number of carbonyl (C=O) groups is 2.